The lowest BCUT2D eigenvalue weighted by Gasteiger charge is -2.25. The second kappa shape index (κ2) is 14.0. The quantitative estimate of drug-likeness (QED) is 0.163. The fourth-order valence-electron chi connectivity index (χ4n) is 8.06. The molecule has 0 bridgehead atoms. The van der Waals surface area contributed by atoms with Crippen molar-refractivity contribution in [1.82, 2.24) is 15.0 Å². The van der Waals surface area contributed by atoms with Crippen molar-refractivity contribution in [2.75, 3.05) is 4.90 Å². The molecule has 2 heterocycles. The molecule has 0 aliphatic rings. The van der Waals surface area contributed by atoms with Crippen LogP contribution < -0.4 is 4.90 Å². The first kappa shape index (κ1) is 33.4. The Bertz CT molecular complexity index is 3230. The number of para-hydroxylation sites is 2. The maximum absolute atomic E-state index is 6.82. The summed E-state index contributed by atoms with van der Waals surface area (Å²) in [5.74, 6) is 1.86. The van der Waals surface area contributed by atoms with Crippen LogP contribution in [0, 0.1) is 0 Å². The molecule has 0 atom stereocenters. The van der Waals surface area contributed by atoms with Crippen molar-refractivity contribution >= 4 is 60.5 Å². The van der Waals surface area contributed by atoms with Gasteiger partial charge in [-0.05, 0) is 93.8 Å². The standard InChI is InChI=1S/C53H34N4O/c1-4-15-37(16-5-1)51-54-52(40-25-24-35-14-10-11-17-38(35)32-40)56-53(55-51)41-28-31-48-46(34-41)47-33-39-18-12-13-23-45(39)49(50(47)58-48)36-26-29-44(30-27-36)57(42-19-6-2-7-20-42)43-21-8-3-9-22-43/h1-34H. The Kier molecular flexibility index (Phi) is 8.07. The number of hydrogen-bond acceptors (Lipinski definition) is 5. The van der Waals surface area contributed by atoms with E-state index < -0.39 is 0 Å². The molecule has 5 nitrogen and oxygen atoms in total. The van der Waals surface area contributed by atoms with E-state index in [9.17, 15) is 0 Å². The smallest absolute Gasteiger partial charge is 0.164 e. The van der Waals surface area contributed by atoms with Gasteiger partial charge in [0.15, 0.2) is 17.5 Å². The highest BCUT2D eigenvalue weighted by Gasteiger charge is 2.20. The summed E-state index contributed by atoms with van der Waals surface area (Å²) >= 11 is 0. The molecule has 58 heavy (non-hydrogen) atoms. The van der Waals surface area contributed by atoms with Crippen molar-refractivity contribution in [2.24, 2.45) is 0 Å². The van der Waals surface area contributed by atoms with Gasteiger partial charge in [0.1, 0.15) is 11.2 Å². The molecule has 0 amide bonds. The number of fused-ring (bicyclic) bond motifs is 5. The van der Waals surface area contributed by atoms with Crippen LogP contribution in [0.1, 0.15) is 0 Å². The molecule has 0 aliphatic heterocycles. The fourth-order valence-corrected chi connectivity index (χ4v) is 8.06. The van der Waals surface area contributed by atoms with Crippen molar-refractivity contribution < 1.29 is 4.42 Å². The highest BCUT2D eigenvalue weighted by atomic mass is 16.3. The van der Waals surface area contributed by atoms with Gasteiger partial charge in [-0.3, -0.25) is 0 Å². The zero-order valence-electron chi connectivity index (χ0n) is 31.3. The van der Waals surface area contributed by atoms with Crippen LogP contribution in [0.4, 0.5) is 17.1 Å². The third-order valence-electron chi connectivity index (χ3n) is 10.9. The molecular weight excluding hydrogens is 709 g/mol. The first-order chi connectivity index (χ1) is 28.7. The number of benzene rings is 9. The Morgan fingerprint density at radius 1 is 0.328 bits per heavy atom. The van der Waals surface area contributed by atoms with Crippen LogP contribution in [0.25, 0.3) is 88.8 Å². The van der Waals surface area contributed by atoms with E-state index in [2.05, 4.69) is 163 Å². The van der Waals surface area contributed by atoms with E-state index in [0.717, 1.165) is 83.0 Å². The van der Waals surface area contributed by atoms with Crippen LogP contribution in [0.2, 0.25) is 0 Å². The molecule has 272 valence electrons. The summed E-state index contributed by atoms with van der Waals surface area (Å²) in [6.45, 7) is 0. The van der Waals surface area contributed by atoms with Gasteiger partial charge in [0.2, 0.25) is 0 Å². The molecular formula is C53H34N4O. The summed E-state index contributed by atoms with van der Waals surface area (Å²) in [5, 5.41) is 6.63. The number of rotatable bonds is 7. The number of hydrogen-bond donors (Lipinski definition) is 0. The van der Waals surface area contributed by atoms with Gasteiger partial charge >= 0.3 is 0 Å². The normalized spacial score (nSPS) is 11.4. The monoisotopic (exact) mass is 742 g/mol. The number of anilines is 3. The van der Waals surface area contributed by atoms with Gasteiger partial charge in [-0.2, -0.15) is 0 Å². The summed E-state index contributed by atoms with van der Waals surface area (Å²) in [7, 11) is 0. The third-order valence-corrected chi connectivity index (χ3v) is 10.9. The van der Waals surface area contributed by atoms with Crippen molar-refractivity contribution in [3.8, 4) is 45.3 Å². The first-order valence-electron chi connectivity index (χ1n) is 19.4. The molecule has 0 aliphatic carbocycles. The highest BCUT2D eigenvalue weighted by Crippen LogP contribution is 2.43. The predicted octanol–water partition coefficient (Wildman–Crippen LogP) is 14.2. The number of furan rings is 1. The molecule has 5 heteroatoms. The fraction of sp³-hybridized carbons (Fsp3) is 0. The van der Waals surface area contributed by atoms with Gasteiger partial charge in [0.05, 0.1) is 0 Å². The molecule has 0 saturated carbocycles. The lowest BCUT2D eigenvalue weighted by molar-refractivity contribution is 0.670. The Labute approximate surface area is 335 Å². The van der Waals surface area contributed by atoms with Crippen molar-refractivity contribution in [3.63, 3.8) is 0 Å². The van der Waals surface area contributed by atoms with E-state index in [0.29, 0.717) is 17.5 Å². The number of nitrogens with zero attached hydrogens (tertiary/aromatic N) is 4. The van der Waals surface area contributed by atoms with Gasteiger partial charge in [-0.15, -0.1) is 0 Å². The SMILES string of the molecule is c1ccc(-c2nc(-c3ccc4ccccc4c3)nc(-c3ccc4oc5c(-c6ccc(N(c7ccccc7)c7ccccc7)cc6)c6ccccc6cc5c4c3)n2)cc1. The van der Waals surface area contributed by atoms with Crippen LogP contribution in [0.5, 0.6) is 0 Å². The van der Waals surface area contributed by atoms with Crippen LogP contribution >= 0.6 is 0 Å². The average molecular weight is 743 g/mol. The molecule has 9 aromatic carbocycles. The maximum Gasteiger partial charge on any atom is 0.164 e. The number of aromatic nitrogens is 3. The lowest BCUT2D eigenvalue weighted by atomic mass is 9.94. The molecule has 0 unspecified atom stereocenters. The third kappa shape index (κ3) is 5.94. The van der Waals surface area contributed by atoms with Crippen LogP contribution in [0.15, 0.2) is 211 Å². The van der Waals surface area contributed by atoms with E-state index in [1.165, 1.54) is 5.39 Å². The summed E-state index contributed by atoms with van der Waals surface area (Å²) in [4.78, 5) is 17.4. The van der Waals surface area contributed by atoms with Gasteiger partial charge in [-0.1, -0.05) is 140 Å². The summed E-state index contributed by atoms with van der Waals surface area (Å²) in [6.07, 6.45) is 0. The molecule has 0 N–H and O–H groups in total. The molecule has 0 radical (unpaired) electrons. The lowest BCUT2D eigenvalue weighted by Crippen LogP contribution is -2.09. The van der Waals surface area contributed by atoms with Gasteiger partial charge in [0, 0.05) is 50.1 Å². The molecule has 0 fully saturated rings. The van der Waals surface area contributed by atoms with Crippen molar-refractivity contribution in [3.05, 3.63) is 206 Å². The van der Waals surface area contributed by atoms with E-state index in [1.807, 2.05) is 48.5 Å². The summed E-state index contributed by atoms with van der Waals surface area (Å²) < 4.78 is 6.82. The van der Waals surface area contributed by atoms with Gasteiger partial charge in [-0.25, -0.2) is 15.0 Å². The van der Waals surface area contributed by atoms with Crippen molar-refractivity contribution in [1.29, 1.82) is 0 Å². The zero-order valence-corrected chi connectivity index (χ0v) is 31.3. The van der Waals surface area contributed by atoms with Crippen LogP contribution in [0.3, 0.4) is 0 Å². The Balaban J connectivity index is 1.06. The topological polar surface area (TPSA) is 55.1 Å². The minimum atomic E-state index is 0.603. The predicted molar refractivity (Wildman–Crippen MR) is 239 cm³/mol. The highest BCUT2D eigenvalue weighted by molar-refractivity contribution is 6.18. The Morgan fingerprint density at radius 2 is 0.845 bits per heavy atom. The molecule has 11 rings (SSSR count). The zero-order chi connectivity index (χ0) is 38.4. The average Bonchev–Trinajstić information content (AvgIpc) is 3.66. The minimum Gasteiger partial charge on any atom is -0.455 e. The van der Waals surface area contributed by atoms with E-state index in [-0.39, 0.29) is 0 Å². The van der Waals surface area contributed by atoms with E-state index in [4.69, 9.17) is 19.4 Å². The largest absolute Gasteiger partial charge is 0.455 e. The van der Waals surface area contributed by atoms with E-state index in [1.54, 1.807) is 0 Å². The van der Waals surface area contributed by atoms with Crippen LogP contribution in [-0.2, 0) is 0 Å². The van der Waals surface area contributed by atoms with Gasteiger partial charge in [0.25, 0.3) is 0 Å². The minimum absolute atomic E-state index is 0.603. The molecule has 0 saturated heterocycles. The second-order valence-electron chi connectivity index (χ2n) is 14.4. The molecule has 0 spiro atoms. The Morgan fingerprint density at radius 3 is 1.53 bits per heavy atom. The molecule has 2 aromatic heterocycles. The van der Waals surface area contributed by atoms with Crippen LogP contribution in [-0.4, -0.2) is 15.0 Å². The Hall–Kier alpha value is -7.89. The maximum atomic E-state index is 6.82. The summed E-state index contributed by atoms with van der Waals surface area (Å²) in [5.41, 5.74) is 9.82. The van der Waals surface area contributed by atoms with Gasteiger partial charge < -0.3 is 9.32 Å². The first-order valence-corrected chi connectivity index (χ1v) is 19.4. The molecule has 11 aromatic rings. The summed E-state index contributed by atoms with van der Waals surface area (Å²) in [6, 6.07) is 71.6. The van der Waals surface area contributed by atoms with Crippen molar-refractivity contribution in [2.45, 2.75) is 0 Å². The van der Waals surface area contributed by atoms with E-state index >= 15 is 0 Å². The second-order valence-corrected chi connectivity index (χ2v) is 14.4.